The molecule has 4 nitrogen and oxygen atoms in total. The number of fused-ring (bicyclic) bond motifs is 2. The van der Waals surface area contributed by atoms with Crippen molar-refractivity contribution < 1.29 is 13.9 Å². The minimum absolute atomic E-state index is 0.260. The van der Waals surface area contributed by atoms with E-state index in [1.807, 2.05) is 25.1 Å². The fraction of sp³-hybridized carbons (Fsp3) is 0.167. The maximum absolute atomic E-state index is 13.3. The monoisotopic (exact) mass is 310 g/mol. The molecule has 0 saturated heterocycles. The van der Waals surface area contributed by atoms with Crippen LogP contribution in [0.5, 0.6) is 0 Å². The molecule has 1 amide bonds. The van der Waals surface area contributed by atoms with E-state index in [0.29, 0.717) is 29.2 Å². The van der Waals surface area contributed by atoms with Gasteiger partial charge in [0.2, 0.25) is 0 Å². The number of hydrogen-bond acceptors (Lipinski definition) is 3. The lowest BCUT2D eigenvalue weighted by atomic mass is 10.00. The molecule has 0 radical (unpaired) electrons. The Morgan fingerprint density at radius 2 is 2.04 bits per heavy atom. The molecule has 2 aliphatic rings. The summed E-state index contributed by atoms with van der Waals surface area (Å²) in [6, 6.07) is 10.2. The van der Waals surface area contributed by atoms with Crippen LogP contribution in [0.3, 0.4) is 0 Å². The smallest absolute Gasteiger partial charge is 0.260 e. The predicted octanol–water partition coefficient (Wildman–Crippen LogP) is 3.61. The zero-order valence-corrected chi connectivity index (χ0v) is 12.6. The first-order valence-electron chi connectivity index (χ1n) is 7.53. The molecule has 0 atom stereocenters. The lowest BCUT2D eigenvalue weighted by Crippen LogP contribution is -2.05. The Morgan fingerprint density at radius 1 is 1.22 bits per heavy atom. The van der Waals surface area contributed by atoms with Gasteiger partial charge < -0.3 is 15.4 Å². The second kappa shape index (κ2) is 5.12. The predicted molar refractivity (Wildman–Crippen MR) is 87.2 cm³/mol. The Hall–Kier alpha value is -2.82. The second-order valence-electron chi connectivity index (χ2n) is 5.54. The van der Waals surface area contributed by atoms with Crippen molar-refractivity contribution in [2.45, 2.75) is 13.5 Å². The molecule has 0 aliphatic carbocycles. The van der Waals surface area contributed by atoms with Gasteiger partial charge in [0, 0.05) is 28.9 Å². The highest BCUT2D eigenvalue weighted by molar-refractivity contribution is 6.36. The van der Waals surface area contributed by atoms with Gasteiger partial charge >= 0.3 is 0 Å². The van der Waals surface area contributed by atoms with Gasteiger partial charge in [0.05, 0.1) is 11.3 Å². The van der Waals surface area contributed by atoms with Crippen molar-refractivity contribution >= 4 is 28.6 Å². The summed E-state index contributed by atoms with van der Waals surface area (Å²) in [5, 5.41) is 5.96. The van der Waals surface area contributed by atoms with Gasteiger partial charge in [-0.05, 0) is 43.3 Å². The number of anilines is 2. The Kier molecular flexibility index (Phi) is 3.08. The van der Waals surface area contributed by atoms with Gasteiger partial charge in [-0.2, -0.15) is 0 Å². The quantitative estimate of drug-likeness (QED) is 0.833. The number of rotatable bonds is 2. The second-order valence-corrected chi connectivity index (χ2v) is 5.54. The topological polar surface area (TPSA) is 50.4 Å². The third kappa shape index (κ3) is 2.16. The van der Waals surface area contributed by atoms with Crippen molar-refractivity contribution in [3.05, 3.63) is 58.9 Å². The van der Waals surface area contributed by atoms with Crippen molar-refractivity contribution in [3.63, 3.8) is 0 Å². The van der Waals surface area contributed by atoms with E-state index in [1.165, 1.54) is 12.1 Å². The van der Waals surface area contributed by atoms with Crippen LogP contribution in [0.2, 0.25) is 0 Å². The van der Waals surface area contributed by atoms with Crippen molar-refractivity contribution in [3.8, 4) is 0 Å². The molecule has 116 valence electrons. The van der Waals surface area contributed by atoms with Gasteiger partial charge in [0.15, 0.2) is 0 Å². The molecule has 2 N–H and O–H groups in total. The summed E-state index contributed by atoms with van der Waals surface area (Å²) in [4.78, 5) is 12.3. The normalized spacial score (nSPS) is 18.3. The number of ether oxygens (including phenoxy) is 1. The molecule has 5 heteroatoms. The fourth-order valence-electron chi connectivity index (χ4n) is 3.05. The zero-order chi connectivity index (χ0) is 16.0. The Labute approximate surface area is 133 Å². The number of carbonyl (C=O) groups excluding carboxylic acids is 1. The summed E-state index contributed by atoms with van der Waals surface area (Å²) in [6.07, 6.45) is 0. The molecule has 23 heavy (non-hydrogen) atoms. The Bertz CT molecular complexity index is 858. The molecule has 0 saturated carbocycles. The van der Waals surface area contributed by atoms with Gasteiger partial charge in [0.1, 0.15) is 18.2 Å². The molecule has 2 heterocycles. The van der Waals surface area contributed by atoms with Crippen LogP contribution in [-0.4, -0.2) is 12.5 Å². The van der Waals surface area contributed by atoms with Gasteiger partial charge in [0.25, 0.3) is 5.91 Å². The summed E-state index contributed by atoms with van der Waals surface area (Å²) in [7, 11) is 0. The Balaban J connectivity index is 1.84. The third-order valence-electron chi connectivity index (χ3n) is 4.06. The van der Waals surface area contributed by atoms with Crippen molar-refractivity contribution in [2.24, 2.45) is 0 Å². The molecule has 2 aromatic rings. The van der Waals surface area contributed by atoms with Gasteiger partial charge in [-0.1, -0.05) is 0 Å². The molecule has 4 rings (SSSR count). The van der Waals surface area contributed by atoms with Gasteiger partial charge in [-0.25, -0.2) is 4.39 Å². The number of amides is 1. The maximum atomic E-state index is 13.3. The fourth-order valence-corrected chi connectivity index (χ4v) is 3.05. The molecule has 0 spiro atoms. The summed E-state index contributed by atoms with van der Waals surface area (Å²) < 4.78 is 19.1. The maximum Gasteiger partial charge on any atom is 0.260 e. The highest BCUT2D eigenvalue weighted by Gasteiger charge is 2.32. The van der Waals surface area contributed by atoms with Crippen molar-refractivity contribution in [1.82, 2.24) is 0 Å². The van der Waals surface area contributed by atoms with E-state index in [9.17, 15) is 9.18 Å². The highest BCUT2D eigenvalue weighted by atomic mass is 19.1. The average molecular weight is 310 g/mol. The molecule has 2 aliphatic heterocycles. The molecule has 0 fully saturated rings. The number of hydrogen-bond donors (Lipinski definition) is 2. The number of benzene rings is 2. The molecular weight excluding hydrogens is 295 g/mol. The summed E-state index contributed by atoms with van der Waals surface area (Å²) >= 11 is 0. The van der Waals surface area contributed by atoms with E-state index in [2.05, 4.69) is 10.6 Å². The van der Waals surface area contributed by atoms with Crippen molar-refractivity contribution in [1.29, 1.82) is 0 Å². The van der Waals surface area contributed by atoms with E-state index >= 15 is 0 Å². The minimum Gasteiger partial charge on any atom is -0.487 e. The van der Waals surface area contributed by atoms with Gasteiger partial charge in [-0.15, -0.1) is 0 Å². The van der Waals surface area contributed by atoms with Crippen LogP contribution in [0.15, 0.2) is 36.4 Å². The van der Waals surface area contributed by atoms with E-state index in [0.717, 1.165) is 23.4 Å². The first-order chi connectivity index (χ1) is 11.2. The van der Waals surface area contributed by atoms with Crippen molar-refractivity contribution in [2.75, 3.05) is 17.2 Å². The van der Waals surface area contributed by atoms with Gasteiger partial charge in [-0.3, -0.25) is 4.79 Å². The van der Waals surface area contributed by atoms with Crippen LogP contribution in [-0.2, 0) is 16.1 Å². The highest BCUT2D eigenvalue weighted by Crippen LogP contribution is 2.42. The number of carbonyl (C=O) groups is 1. The van der Waals surface area contributed by atoms with Crippen LogP contribution in [0.25, 0.3) is 11.3 Å². The van der Waals surface area contributed by atoms with Crippen LogP contribution in [0, 0.1) is 5.82 Å². The number of halogens is 1. The minimum atomic E-state index is -0.377. The third-order valence-corrected chi connectivity index (χ3v) is 4.06. The van der Waals surface area contributed by atoms with Crippen LogP contribution in [0.1, 0.15) is 23.6 Å². The first kappa shape index (κ1) is 13.8. The Morgan fingerprint density at radius 3 is 2.87 bits per heavy atom. The molecular formula is C18H15FN2O2. The summed E-state index contributed by atoms with van der Waals surface area (Å²) in [5.41, 5.74) is 4.60. The SMILES string of the molecule is CCNc1ccc2c(c1)COC2=C1C(=O)Nc2cc(F)ccc21. The summed E-state index contributed by atoms with van der Waals surface area (Å²) in [6.45, 7) is 3.31. The van der Waals surface area contributed by atoms with Crippen LogP contribution >= 0.6 is 0 Å². The molecule has 0 bridgehead atoms. The molecule has 0 unspecified atom stereocenters. The van der Waals surface area contributed by atoms with Crippen LogP contribution in [0.4, 0.5) is 15.8 Å². The van der Waals surface area contributed by atoms with E-state index in [1.54, 1.807) is 6.07 Å². The zero-order valence-electron chi connectivity index (χ0n) is 12.6. The van der Waals surface area contributed by atoms with E-state index in [-0.39, 0.29) is 11.7 Å². The summed E-state index contributed by atoms with van der Waals surface area (Å²) in [5.74, 6) is -0.0755. The van der Waals surface area contributed by atoms with Crippen LogP contribution < -0.4 is 10.6 Å². The largest absolute Gasteiger partial charge is 0.487 e. The van der Waals surface area contributed by atoms with E-state index < -0.39 is 0 Å². The number of nitrogens with one attached hydrogen (secondary N) is 2. The van der Waals surface area contributed by atoms with E-state index in [4.69, 9.17) is 4.74 Å². The average Bonchev–Trinajstić information content (AvgIpc) is 3.06. The lowest BCUT2D eigenvalue weighted by Gasteiger charge is -2.06. The molecule has 0 aromatic heterocycles. The molecule has 2 aromatic carbocycles. The first-order valence-corrected chi connectivity index (χ1v) is 7.53. The lowest BCUT2D eigenvalue weighted by molar-refractivity contribution is -0.110. The standard InChI is InChI=1S/C18H15FN2O2/c1-2-20-12-4-6-13-10(7-12)9-23-17(13)16-14-5-3-11(19)8-15(14)21-18(16)22/h3-8,20H,2,9H2,1H3,(H,21,22).